The van der Waals surface area contributed by atoms with Gasteiger partial charge in [-0.25, -0.2) is 9.59 Å². The van der Waals surface area contributed by atoms with Crippen molar-refractivity contribution < 1.29 is 23.5 Å². The van der Waals surface area contributed by atoms with Crippen LogP contribution < -0.4 is 10.4 Å². The molecule has 0 amide bonds. The third-order valence-corrected chi connectivity index (χ3v) is 13.9. The summed E-state index contributed by atoms with van der Waals surface area (Å²) in [7, 11) is -2.85. The van der Waals surface area contributed by atoms with E-state index in [4.69, 9.17) is 13.9 Å². The molecule has 0 bridgehead atoms. The van der Waals surface area contributed by atoms with Gasteiger partial charge in [0, 0.05) is 24.9 Å². The van der Waals surface area contributed by atoms with E-state index in [0.29, 0.717) is 24.2 Å². The van der Waals surface area contributed by atoms with Crippen molar-refractivity contribution in [3.8, 4) is 0 Å². The van der Waals surface area contributed by atoms with E-state index < -0.39 is 20.5 Å². The molecule has 5 nitrogen and oxygen atoms in total. The van der Waals surface area contributed by atoms with Crippen LogP contribution in [0.1, 0.15) is 61.3 Å². The summed E-state index contributed by atoms with van der Waals surface area (Å²) in [4.78, 5) is 26.5. The summed E-state index contributed by atoms with van der Waals surface area (Å²) in [6, 6.07) is 39.1. The second-order valence-electron chi connectivity index (χ2n) is 12.6. The van der Waals surface area contributed by atoms with Crippen molar-refractivity contribution in [2.24, 2.45) is 11.8 Å². The van der Waals surface area contributed by atoms with Crippen LogP contribution in [0.25, 0.3) is 0 Å². The van der Waals surface area contributed by atoms with E-state index >= 15 is 0 Å². The van der Waals surface area contributed by atoms with Gasteiger partial charge in [0.15, 0.2) is 0 Å². The maximum Gasteiger partial charge on any atom is 0.338 e. The lowest BCUT2D eigenvalue weighted by molar-refractivity contribution is 0.00868. The molecule has 0 spiro atoms. The molecule has 228 valence electrons. The van der Waals surface area contributed by atoms with Crippen LogP contribution in [0.3, 0.4) is 0 Å². The predicted octanol–water partition coefficient (Wildman–Crippen LogP) is 7.06. The Morgan fingerprint density at radius 2 is 1.02 bits per heavy atom. The molecule has 1 fully saturated rings. The molecule has 1 aliphatic rings. The molecule has 0 heterocycles. The van der Waals surface area contributed by atoms with E-state index in [2.05, 4.69) is 76.2 Å². The van der Waals surface area contributed by atoms with Crippen molar-refractivity contribution in [3.63, 3.8) is 0 Å². The minimum Gasteiger partial charge on any atom is -0.458 e. The zero-order valence-corrected chi connectivity index (χ0v) is 27.0. The summed E-state index contributed by atoms with van der Waals surface area (Å²) in [6.07, 6.45) is 0.291. The largest absolute Gasteiger partial charge is 0.458 e. The maximum absolute atomic E-state index is 13.3. The quantitative estimate of drug-likeness (QED) is 0.143. The monoisotopic (exact) mass is 606 g/mol. The lowest BCUT2D eigenvalue weighted by Gasteiger charge is -2.44. The van der Waals surface area contributed by atoms with Gasteiger partial charge in [0.1, 0.15) is 12.2 Å². The van der Waals surface area contributed by atoms with E-state index in [1.807, 2.05) is 48.5 Å². The van der Waals surface area contributed by atoms with E-state index in [9.17, 15) is 9.59 Å². The predicted molar refractivity (Wildman–Crippen MR) is 177 cm³/mol. The molecule has 1 saturated carbocycles. The lowest BCUT2D eigenvalue weighted by Crippen LogP contribution is -2.67. The first-order valence-corrected chi connectivity index (χ1v) is 17.4. The highest BCUT2D eigenvalue weighted by Gasteiger charge is 2.53. The third kappa shape index (κ3) is 6.57. The minimum atomic E-state index is -2.85. The van der Waals surface area contributed by atoms with Crippen molar-refractivity contribution in [1.29, 1.82) is 0 Å². The Labute approximate surface area is 262 Å². The van der Waals surface area contributed by atoms with E-state index in [1.54, 1.807) is 24.3 Å². The van der Waals surface area contributed by atoms with Crippen molar-refractivity contribution in [1.82, 2.24) is 0 Å². The second-order valence-corrected chi connectivity index (χ2v) is 16.9. The van der Waals surface area contributed by atoms with Crippen LogP contribution in [0.15, 0.2) is 121 Å². The molecule has 0 radical (unpaired) electrons. The molecule has 6 heteroatoms. The summed E-state index contributed by atoms with van der Waals surface area (Å²) in [6.45, 7) is 9.23. The number of carbonyl (C=O) groups excluding carboxylic acids is 2. The van der Waals surface area contributed by atoms with Gasteiger partial charge in [-0.05, 0) is 46.1 Å². The molecule has 4 aromatic carbocycles. The van der Waals surface area contributed by atoms with Crippen molar-refractivity contribution in [2.75, 3.05) is 6.61 Å². The number of esters is 2. The average molecular weight is 607 g/mol. The van der Waals surface area contributed by atoms with Gasteiger partial charge >= 0.3 is 11.9 Å². The average Bonchev–Trinajstić information content (AvgIpc) is 3.37. The first-order chi connectivity index (χ1) is 21.2. The number of ether oxygens (including phenoxy) is 2. The molecule has 5 rings (SSSR count). The number of carbonyl (C=O) groups is 2. The fourth-order valence-corrected chi connectivity index (χ4v) is 11.3. The fourth-order valence-electron chi connectivity index (χ4n) is 6.74. The van der Waals surface area contributed by atoms with Crippen LogP contribution in [0.5, 0.6) is 0 Å². The third-order valence-electron chi connectivity index (χ3n) is 8.89. The van der Waals surface area contributed by atoms with Crippen LogP contribution in [0, 0.1) is 11.8 Å². The Kier molecular flexibility index (Phi) is 9.82. The normalized spacial score (nSPS) is 20.2. The molecular weight excluding hydrogens is 564 g/mol. The topological polar surface area (TPSA) is 61.8 Å². The Bertz CT molecular complexity index is 1460. The summed E-state index contributed by atoms with van der Waals surface area (Å²) in [5.74, 6) is -0.955. The Morgan fingerprint density at radius 1 is 0.636 bits per heavy atom. The number of benzene rings is 4. The smallest absolute Gasteiger partial charge is 0.338 e. The molecule has 44 heavy (non-hydrogen) atoms. The molecule has 0 saturated heterocycles. The number of hydrogen-bond acceptors (Lipinski definition) is 5. The van der Waals surface area contributed by atoms with Crippen LogP contribution in [-0.4, -0.2) is 39.1 Å². The van der Waals surface area contributed by atoms with Crippen LogP contribution in [0.4, 0.5) is 0 Å². The minimum absolute atomic E-state index is 0.0468. The van der Waals surface area contributed by atoms with Gasteiger partial charge in [-0.15, -0.1) is 0 Å². The Morgan fingerprint density at radius 3 is 1.41 bits per heavy atom. The lowest BCUT2D eigenvalue weighted by atomic mass is 9.92. The fraction of sp³-hybridized carbons (Fsp3) is 0.316. The van der Waals surface area contributed by atoms with Gasteiger partial charge in [0.25, 0.3) is 8.32 Å². The summed E-state index contributed by atoms with van der Waals surface area (Å²) in [5, 5.41) is 2.18. The zero-order valence-electron chi connectivity index (χ0n) is 26.0. The van der Waals surface area contributed by atoms with E-state index in [0.717, 1.165) is 6.42 Å². The second kappa shape index (κ2) is 13.7. The van der Waals surface area contributed by atoms with Crippen LogP contribution in [0.2, 0.25) is 5.04 Å². The van der Waals surface area contributed by atoms with Gasteiger partial charge in [0.05, 0.1) is 11.1 Å². The SMILES string of the molecule is CC[C@@H]1[C@H](CO[Si](c2ccccc2)(c2ccccc2)C(C)(C)C)[C@@H](OC(=O)c2ccccc2)C[C@H]1OC(=O)c1ccccc1. The zero-order chi connectivity index (χ0) is 31.2. The molecule has 0 N–H and O–H groups in total. The Balaban J connectivity index is 1.50. The number of hydrogen-bond donors (Lipinski definition) is 0. The van der Waals surface area contributed by atoms with Crippen molar-refractivity contribution in [3.05, 3.63) is 132 Å². The molecular formula is C38H42O5Si. The standard InChI is InChI=1S/C38H42O5Si/c1-5-32-33(27-41-44(38(2,3)4,30-22-14-8-15-23-30)31-24-16-9-17-25-31)35(43-37(40)29-20-12-7-13-21-29)26-34(32)42-36(39)28-18-10-6-11-19-28/h6-25,32-35H,5,26-27H2,1-4H3/t32-,33+,34-,35+/m1/s1. The highest BCUT2D eigenvalue weighted by atomic mass is 28.4. The van der Waals surface area contributed by atoms with E-state index in [-0.39, 0.29) is 28.8 Å². The van der Waals surface area contributed by atoms with Crippen LogP contribution >= 0.6 is 0 Å². The van der Waals surface area contributed by atoms with Crippen molar-refractivity contribution >= 4 is 30.6 Å². The molecule has 1 aliphatic carbocycles. The summed E-state index contributed by atoms with van der Waals surface area (Å²) in [5.41, 5.74) is 1.00. The Hall–Kier alpha value is -4.00. The highest BCUT2D eigenvalue weighted by molar-refractivity contribution is 6.99. The summed E-state index contributed by atoms with van der Waals surface area (Å²) < 4.78 is 19.7. The molecule has 0 aromatic heterocycles. The van der Waals surface area contributed by atoms with Gasteiger partial charge in [0.2, 0.25) is 0 Å². The van der Waals surface area contributed by atoms with Crippen molar-refractivity contribution in [2.45, 2.75) is 57.8 Å². The van der Waals surface area contributed by atoms with Gasteiger partial charge in [-0.1, -0.05) is 125 Å². The molecule has 4 atom stereocenters. The van der Waals surface area contributed by atoms with Gasteiger partial charge in [-0.2, -0.15) is 0 Å². The highest BCUT2D eigenvalue weighted by Crippen LogP contribution is 2.42. The maximum atomic E-state index is 13.3. The number of rotatable bonds is 10. The van der Waals surface area contributed by atoms with E-state index in [1.165, 1.54) is 10.4 Å². The van der Waals surface area contributed by atoms with Gasteiger partial charge in [-0.3, -0.25) is 0 Å². The van der Waals surface area contributed by atoms with Crippen LogP contribution in [-0.2, 0) is 13.9 Å². The summed E-state index contributed by atoms with van der Waals surface area (Å²) >= 11 is 0. The first kappa shape index (κ1) is 31.4. The first-order valence-electron chi connectivity index (χ1n) is 15.5. The van der Waals surface area contributed by atoms with Gasteiger partial charge < -0.3 is 13.9 Å². The molecule has 0 aliphatic heterocycles. The molecule has 4 aromatic rings. The molecule has 0 unspecified atom stereocenters.